The Labute approximate surface area is 110 Å². The lowest BCUT2D eigenvalue weighted by atomic mass is 10.1. The summed E-state index contributed by atoms with van der Waals surface area (Å²) in [6, 6.07) is 11.9. The van der Waals surface area contributed by atoms with Crippen molar-refractivity contribution >= 4 is 23.0 Å². The summed E-state index contributed by atoms with van der Waals surface area (Å²) in [5, 5.41) is 12.2. The van der Waals surface area contributed by atoms with E-state index in [4.69, 9.17) is 15.6 Å². The zero-order valence-electron chi connectivity index (χ0n) is 10.4. The van der Waals surface area contributed by atoms with Crippen LogP contribution >= 0.6 is 0 Å². The number of nitrogens with two attached hydrogens (primary N) is 1. The van der Waals surface area contributed by atoms with Crippen LogP contribution in [0.3, 0.4) is 0 Å². The van der Waals surface area contributed by atoms with Crippen LogP contribution in [0.2, 0.25) is 0 Å². The molecule has 0 unspecified atom stereocenters. The zero-order valence-corrected chi connectivity index (χ0v) is 10.4. The summed E-state index contributed by atoms with van der Waals surface area (Å²) in [7, 11) is 1.59. The van der Waals surface area contributed by atoms with Gasteiger partial charge in [0.15, 0.2) is 0 Å². The van der Waals surface area contributed by atoms with Crippen molar-refractivity contribution in [1.29, 1.82) is 0 Å². The lowest BCUT2D eigenvalue weighted by Gasteiger charge is -2.10. The Bertz CT molecular complexity index is 594. The maximum absolute atomic E-state index is 11.1. The third-order valence-electron chi connectivity index (χ3n) is 2.64. The van der Waals surface area contributed by atoms with Gasteiger partial charge in [-0.25, -0.2) is 4.79 Å². The summed E-state index contributed by atoms with van der Waals surface area (Å²) < 4.78 is 5.06. The van der Waals surface area contributed by atoms with Crippen LogP contribution in [0, 0.1) is 0 Å². The number of hydrogen-bond donors (Lipinski definition) is 3. The highest BCUT2D eigenvalue weighted by atomic mass is 16.5. The van der Waals surface area contributed by atoms with E-state index in [2.05, 4.69) is 5.32 Å². The van der Waals surface area contributed by atoms with E-state index < -0.39 is 5.97 Å². The van der Waals surface area contributed by atoms with Gasteiger partial charge in [0.1, 0.15) is 5.75 Å². The first-order valence-corrected chi connectivity index (χ1v) is 5.64. The van der Waals surface area contributed by atoms with Crippen LogP contribution in [0.15, 0.2) is 42.5 Å². The molecule has 0 heterocycles. The average Bonchev–Trinajstić information content (AvgIpc) is 2.41. The van der Waals surface area contributed by atoms with Crippen molar-refractivity contribution in [2.45, 2.75) is 0 Å². The summed E-state index contributed by atoms with van der Waals surface area (Å²) >= 11 is 0. The smallest absolute Gasteiger partial charge is 0.337 e. The standard InChI is InChI=1S/C14H14N2O3/c1-19-11-5-3-10(4-6-11)16-13-7-2-9(15)8-12(13)14(17)18/h2-8,16H,15H2,1H3,(H,17,18). The molecule has 0 spiro atoms. The number of anilines is 3. The maximum atomic E-state index is 11.1. The number of nitrogens with one attached hydrogen (secondary N) is 1. The predicted molar refractivity (Wildman–Crippen MR) is 74.1 cm³/mol. The van der Waals surface area contributed by atoms with Crippen molar-refractivity contribution in [2.24, 2.45) is 0 Å². The van der Waals surface area contributed by atoms with Gasteiger partial charge in [-0.2, -0.15) is 0 Å². The second-order valence-electron chi connectivity index (χ2n) is 3.96. The quantitative estimate of drug-likeness (QED) is 0.734. The van der Waals surface area contributed by atoms with Gasteiger partial charge >= 0.3 is 5.97 Å². The molecule has 2 aromatic rings. The number of nitrogen functional groups attached to an aromatic ring is 1. The first-order valence-electron chi connectivity index (χ1n) is 5.64. The molecule has 0 aliphatic rings. The van der Waals surface area contributed by atoms with Crippen molar-refractivity contribution < 1.29 is 14.6 Å². The second-order valence-corrected chi connectivity index (χ2v) is 3.96. The molecule has 4 N–H and O–H groups in total. The van der Waals surface area contributed by atoms with Crippen LogP contribution in [0.25, 0.3) is 0 Å². The number of carboxylic acids is 1. The van der Waals surface area contributed by atoms with Crippen LogP contribution in [-0.2, 0) is 0 Å². The van der Waals surface area contributed by atoms with E-state index in [1.54, 1.807) is 43.5 Å². The number of carbonyl (C=O) groups is 1. The fourth-order valence-electron chi connectivity index (χ4n) is 1.68. The van der Waals surface area contributed by atoms with Crippen molar-refractivity contribution in [3.63, 3.8) is 0 Å². The van der Waals surface area contributed by atoms with Crippen LogP contribution in [0.1, 0.15) is 10.4 Å². The van der Waals surface area contributed by atoms with Gasteiger partial charge in [-0.15, -0.1) is 0 Å². The zero-order chi connectivity index (χ0) is 13.8. The van der Waals surface area contributed by atoms with Gasteiger partial charge in [-0.1, -0.05) is 0 Å². The molecule has 98 valence electrons. The first kappa shape index (κ1) is 12.8. The van der Waals surface area contributed by atoms with Gasteiger partial charge in [0, 0.05) is 11.4 Å². The van der Waals surface area contributed by atoms with Gasteiger partial charge in [0.25, 0.3) is 0 Å². The van der Waals surface area contributed by atoms with Crippen molar-refractivity contribution in [1.82, 2.24) is 0 Å². The van der Waals surface area contributed by atoms with E-state index in [0.717, 1.165) is 11.4 Å². The largest absolute Gasteiger partial charge is 0.497 e. The van der Waals surface area contributed by atoms with Crippen molar-refractivity contribution in [2.75, 3.05) is 18.2 Å². The van der Waals surface area contributed by atoms with Crippen LogP contribution < -0.4 is 15.8 Å². The minimum atomic E-state index is -1.02. The SMILES string of the molecule is COc1ccc(Nc2ccc(N)cc2C(=O)O)cc1. The van der Waals surface area contributed by atoms with E-state index in [1.165, 1.54) is 6.07 Å². The van der Waals surface area contributed by atoms with Gasteiger partial charge in [0.05, 0.1) is 18.4 Å². The summed E-state index contributed by atoms with van der Waals surface area (Å²) in [5.41, 5.74) is 7.40. The molecular formula is C14H14N2O3. The number of methoxy groups -OCH3 is 1. The summed E-state index contributed by atoms with van der Waals surface area (Å²) in [6.45, 7) is 0. The molecule has 19 heavy (non-hydrogen) atoms. The average molecular weight is 258 g/mol. The minimum Gasteiger partial charge on any atom is -0.497 e. The number of carboxylic acid groups (broad SMARTS) is 1. The molecule has 5 nitrogen and oxygen atoms in total. The molecule has 0 radical (unpaired) electrons. The second kappa shape index (κ2) is 5.30. The Hall–Kier alpha value is -2.69. The van der Waals surface area contributed by atoms with Crippen molar-refractivity contribution in [3.8, 4) is 5.75 Å². The highest BCUT2D eigenvalue weighted by Crippen LogP contribution is 2.24. The highest BCUT2D eigenvalue weighted by molar-refractivity contribution is 5.96. The Morgan fingerprint density at radius 1 is 1.21 bits per heavy atom. The minimum absolute atomic E-state index is 0.135. The third-order valence-corrected chi connectivity index (χ3v) is 2.64. The molecule has 5 heteroatoms. The monoisotopic (exact) mass is 258 g/mol. The molecule has 0 amide bonds. The number of rotatable bonds is 4. The molecule has 2 rings (SSSR count). The first-order chi connectivity index (χ1) is 9.10. The topological polar surface area (TPSA) is 84.6 Å². The van der Waals surface area contributed by atoms with Crippen LogP contribution in [0.5, 0.6) is 5.75 Å². The molecule has 2 aromatic carbocycles. The Morgan fingerprint density at radius 2 is 1.89 bits per heavy atom. The third kappa shape index (κ3) is 2.95. The summed E-state index contributed by atoms with van der Waals surface area (Å²) in [4.78, 5) is 11.1. The molecule has 0 fully saturated rings. The molecule has 0 saturated carbocycles. The lowest BCUT2D eigenvalue weighted by Crippen LogP contribution is -2.03. The fourth-order valence-corrected chi connectivity index (χ4v) is 1.68. The summed E-state index contributed by atoms with van der Waals surface area (Å²) in [5.74, 6) is -0.287. The van der Waals surface area contributed by atoms with E-state index in [-0.39, 0.29) is 5.56 Å². The van der Waals surface area contributed by atoms with E-state index >= 15 is 0 Å². The van der Waals surface area contributed by atoms with Crippen molar-refractivity contribution in [3.05, 3.63) is 48.0 Å². The predicted octanol–water partition coefficient (Wildman–Crippen LogP) is 2.72. The maximum Gasteiger partial charge on any atom is 0.337 e. The molecule has 0 bridgehead atoms. The molecule has 0 aliphatic carbocycles. The van der Waals surface area contributed by atoms with Crippen LogP contribution in [0.4, 0.5) is 17.1 Å². The number of ether oxygens (including phenoxy) is 1. The molecule has 0 saturated heterocycles. The Kier molecular flexibility index (Phi) is 3.56. The van der Waals surface area contributed by atoms with Gasteiger partial charge in [0.2, 0.25) is 0 Å². The molecule has 0 aliphatic heterocycles. The van der Waals surface area contributed by atoms with E-state index in [1.807, 2.05) is 0 Å². The van der Waals surface area contributed by atoms with Gasteiger partial charge < -0.3 is 20.9 Å². The number of hydrogen-bond acceptors (Lipinski definition) is 4. The number of benzene rings is 2. The highest BCUT2D eigenvalue weighted by Gasteiger charge is 2.10. The normalized spacial score (nSPS) is 9.95. The van der Waals surface area contributed by atoms with Crippen LogP contribution in [-0.4, -0.2) is 18.2 Å². The molecule has 0 atom stereocenters. The Morgan fingerprint density at radius 3 is 2.47 bits per heavy atom. The van der Waals surface area contributed by atoms with Gasteiger partial charge in [-0.3, -0.25) is 0 Å². The molecule has 0 aromatic heterocycles. The Balaban J connectivity index is 2.29. The fraction of sp³-hybridized carbons (Fsp3) is 0.0714. The van der Waals surface area contributed by atoms with E-state index in [9.17, 15) is 4.79 Å². The van der Waals surface area contributed by atoms with Gasteiger partial charge in [-0.05, 0) is 42.5 Å². The summed E-state index contributed by atoms with van der Waals surface area (Å²) in [6.07, 6.45) is 0. The lowest BCUT2D eigenvalue weighted by molar-refractivity contribution is 0.0698. The van der Waals surface area contributed by atoms with E-state index in [0.29, 0.717) is 11.4 Å². The molecular weight excluding hydrogens is 244 g/mol. The number of aromatic carboxylic acids is 1.